The van der Waals surface area contributed by atoms with E-state index in [2.05, 4.69) is 20.8 Å². The predicted molar refractivity (Wildman–Crippen MR) is 98.0 cm³/mol. The van der Waals surface area contributed by atoms with Gasteiger partial charge in [0.05, 0.1) is 12.2 Å². The van der Waals surface area contributed by atoms with Gasteiger partial charge in [-0.15, -0.1) is 24.0 Å². The van der Waals surface area contributed by atoms with Crippen LogP contribution in [-0.4, -0.2) is 29.8 Å². The second-order valence-corrected chi connectivity index (χ2v) is 5.07. The number of aliphatic hydroxyl groups is 1. The molecule has 0 saturated heterocycles. The molecule has 0 aliphatic rings. The number of furan rings is 1. The minimum Gasteiger partial charge on any atom is -0.464 e. The fraction of sp³-hybridized carbons (Fsp3) is 0.467. The third-order valence-corrected chi connectivity index (χ3v) is 3.39. The first kappa shape index (κ1) is 19.5. The van der Waals surface area contributed by atoms with Crippen LogP contribution in [0.3, 0.4) is 0 Å². The van der Waals surface area contributed by atoms with E-state index in [0.29, 0.717) is 24.8 Å². The first-order chi connectivity index (χ1) is 10.5. The Morgan fingerprint density at radius 1 is 1.30 bits per heavy atom. The van der Waals surface area contributed by atoms with Gasteiger partial charge >= 0.3 is 0 Å². The topological polar surface area (TPSA) is 95.8 Å². The van der Waals surface area contributed by atoms with Gasteiger partial charge in [-0.2, -0.15) is 0 Å². The molecule has 7 nitrogen and oxygen atoms in total. The standard InChI is InChI=1S/C15H22N4O3.HI/c1-9-5-6-14(21-9)13(20)8-18-15(16-4)17-7-12-10(2)19-22-11(12)3;/h5-6,13,20H,7-8H2,1-4H3,(H2,16,17,18);1H. The zero-order valence-corrected chi connectivity index (χ0v) is 16.0. The quantitative estimate of drug-likeness (QED) is 0.380. The number of aryl methyl sites for hydroxylation is 3. The van der Waals surface area contributed by atoms with E-state index in [0.717, 1.165) is 22.8 Å². The van der Waals surface area contributed by atoms with E-state index >= 15 is 0 Å². The number of hydrogen-bond acceptors (Lipinski definition) is 5. The van der Waals surface area contributed by atoms with Crippen LogP contribution in [-0.2, 0) is 6.54 Å². The van der Waals surface area contributed by atoms with Crippen LogP contribution in [0.25, 0.3) is 0 Å². The third kappa shape index (κ3) is 5.24. The van der Waals surface area contributed by atoms with Crippen LogP contribution >= 0.6 is 24.0 Å². The minimum atomic E-state index is -0.730. The molecular formula is C15H23IN4O3. The summed E-state index contributed by atoms with van der Waals surface area (Å²) in [5, 5.41) is 20.2. The smallest absolute Gasteiger partial charge is 0.191 e. The summed E-state index contributed by atoms with van der Waals surface area (Å²) in [6.07, 6.45) is -0.730. The van der Waals surface area contributed by atoms with E-state index in [1.807, 2.05) is 26.8 Å². The number of hydrogen-bond donors (Lipinski definition) is 3. The molecule has 0 radical (unpaired) electrons. The van der Waals surface area contributed by atoms with Crippen molar-refractivity contribution in [2.75, 3.05) is 13.6 Å². The molecule has 0 fully saturated rings. The molecule has 1 atom stereocenters. The largest absolute Gasteiger partial charge is 0.464 e. The summed E-state index contributed by atoms with van der Waals surface area (Å²) in [6.45, 7) is 6.46. The first-order valence-corrected chi connectivity index (χ1v) is 7.12. The van der Waals surface area contributed by atoms with Gasteiger partial charge in [0.1, 0.15) is 23.4 Å². The van der Waals surface area contributed by atoms with E-state index in [1.165, 1.54) is 0 Å². The summed E-state index contributed by atoms with van der Waals surface area (Å²) in [4.78, 5) is 4.12. The van der Waals surface area contributed by atoms with Crippen LogP contribution < -0.4 is 10.6 Å². The lowest BCUT2D eigenvalue weighted by Crippen LogP contribution is -2.39. The second-order valence-electron chi connectivity index (χ2n) is 5.07. The molecule has 2 aromatic rings. The number of nitrogens with zero attached hydrogens (tertiary/aromatic N) is 2. The van der Waals surface area contributed by atoms with E-state index in [-0.39, 0.29) is 24.0 Å². The molecule has 2 rings (SSSR count). The maximum Gasteiger partial charge on any atom is 0.191 e. The maximum atomic E-state index is 10.1. The highest BCUT2D eigenvalue weighted by atomic mass is 127. The molecule has 3 N–H and O–H groups in total. The summed E-state index contributed by atoms with van der Waals surface area (Å²) >= 11 is 0. The van der Waals surface area contributed by atoms with Gasteiger partial charge in [0.2, 0.25) is 0 Å². The zero-order chi connectivity index (χ0) is 16.1. The normalized spacial score (nSPS) is 12.7. The zero-order valence-electron chi connectivity index (χ0n) is 13.7. The van der Waals surface area contributed by atoms with Crippen molar-refractivity contribution in [3.63, 3.8) is 0 Å². The Kier molecular flexibility index (Phi) is 7.56. The predicted octanol–water partition coefficient (Wildman–Crippen LogP) is 2.21. The van der Waals surface area contributed by atoms with Gasteiger partial charge in [0.15, 0.2) is 5.96 Å². The molecular weight excluding hydrogens is 411 g/mol. The number of aliphatic imine (C=N–C) groups is 1. The maximum absolute atomic E-state index is 10.1. The number of aliphatic hydroxyl groups excluding tert-OH is 1. The van der Waals surface area contributed by atoms with Crippen molar-refractivity contribution in [3.8, 4) is 0 Å². The van der Waals surface area contributed by atoms with Gasteiger partial charge in [-0.1, -0.05) is 5.16 Å². The lowest BCUT2D eigenvalue weighted by Gasteiger charge is -2.14. The molecule has 8 heteroatoms. The van der Waals surface area contributed by atoms with Gasteiger partial charge in [-0.3, -0.25) is 4.99 Å². The average Bonchev–Trinajstić information content (AvgIpc) is 3.06. The highest BCUT2D eigenvalue weighted by Gasteiger charge is 2.13. The molecule has 23 heavy (non-hydrogen) atoms. The fourth-order valence-corrected chi connectivity index (χ4v) is 2.07. The molecule has 1 unspecified atom stereocenters. The highest BCUT2D eigenvalue weighted by Crippen LogP contribution is 2.15. The van der Waals surface area contributed by atoms with Gasteiger partial charge in [-0.05, 0) is 32.9 Å². The average molecular weight is 434 g/mol. The van der Waals surface area contributed by atoms with E-state index in [4.69, 9.17) is 8.94 Å². The van der Waals surface area contributed by atoms with Crippen molar-refractivity contribution in [2.24, 2.45) is 4.99 Å². The Morgan fingerprint density at radius 2 is 2.04 bits per heavy atom. The number of halogens is 1. The molecule has 0 amide bonds. The Balaban J connectivity index is 0.00000264. The molecule has 0 aliphatic carbocycles. The third-order valence-electron chi connectivity index (χ3n) is 3.39. The van der Waals surface area contributed by atoms with Crippen LogP contribution in [0.2, 0.25) is 0 Å². The SMILES string of the molecule is CN=C(NCc1c(C)noc1C)NCC(O)c1ccc(C)o1.I. The molecule has 0 aliphatic heterocycles. The van der Waals surface area contributed by atoms with Crippen LogP contribution in [0, 0.1) is 20.8 Å². The molecule has 128 valence electrons. The molecule has 2 heterocycles. The first-order valence-electron chi connectivity index (χ1n) is 7.12. The van der Waals surface area contributed by atoms with Crippen LogP contribution in [0.4, 0.5) is 0 Å². The summed E-state index contributed by atoms with van der Waals surface area (Å²) in [7, 11) is 1.67. The number of nitrogens with one attached hydrogen (secondary N) is 2. The molecule has 0 aromatic carbocycles. The van der Waals surface area contributed by atoms with Crippen molar-refractivity contribution in [3.05, 3.63) is 40.7 Å². The lowest BCUT2D eigenvalue weighted by atomic mass is 10.2. The van der Waals surface area contributed by atoms with Gasteiger partial charge in [0, 0.05) is 19.2 Å². The minimum absolute atomic E-state index is 0. The van der Waals surface area contributed by atoms with Crippen LogP contribution in [0.1, 0.15) is 34.6 Å². The molecule has 2 aromatic heterocycles. The highest BCUT2D eigenvalue weighted by molar-refractivity contribution is 14.0. The van der Waals surface area contributed by atoms with E-state index < -0.39 is 6.10 Å². The molecule has 0 spiro atoms. The Morgan fingerprint density at radius 3 is 2.57 bits per heavy atom. The summed E-state index contributed by atoms with van der Waals surface area (Å²) in [5.41, 5.74) is 1.86. The summed E-state index contributed by atoms with van der Waals surface area (Å²) in [5.74, 6) is 2.68. The van der Waals surface area contributed by atoms with Crippen LogP contribution in [0.15, 0.2) is 26.1 Å². The summed E-state index contributed by atoms with van der Waals surface area (Å²) < 4.78 is 10.5. The Bertz CT molecular complexity index is 631. The summed E-state index contributed by atoms with van der Waals surface area (Å²) in [6, 6.07) is 3.59. The lowest BCUT2D eigenvalue weighted by molar-refractivity contribution is 0.151. The van der Waals surface area contributed by atoms with Crippen LogP contribution in [0.5, 0.6) is 0 Å². The van der Waals surface area contributed by atoms with Gasteiger partial charge in [-0.25, -0.2) is 0 Å². The van der Waals surface area contributed by atoms with Crippen molar-refractivity contribution in [1.82, 2.24) is 15.8 Å². The van der Waals surface area contributed by atoms with E-state index in [9.17, 15) is 5.11 Å². The Labute approximate surface area is 152 Å². The number of guanidine groups is 1. The molecule has 0 saturated carbocycles. The van der Waals surface area contributed by atoms with Crippen molar-refractivity contribution in [1.29, 1.82) is 0 Å². The van der Waals surface area contributed by atoms with Gasteiger partial charge < -0.3 is 24.7 Å². The number of rotatable bonds is 5. The monoisotopic (exact) mass is 434 g/mol. The number of aromatic nitrogens is 1. The molecule has 0 bridgehead atoms. The van der Waals surface area contributed by atoms with Crippen molar-refractivity contribution < 1.29 is 14.0 Å². The van der Waals surface area contributed by atoms with Crippen molar-refractivity contribution in [2.45, 2.75) is 33.4 Å². The van der Waals surface area contributed by atoms with Crippen molar-refractivity contribution >= 4 is 29.9 Å². The fourth-order valence-electron chi connectivity index (χ4n) is 2.07. The second kappa shape index (κ2) is 8.92. The van der Waals surface area contributed by atoms with E-state index in [1.54, 1.807) is 13.1 Å². The van der Waals surface area contributed by atoms with Gasteiger partial charge in [0.25, 0.3) is 0 Å². The Hall–Kier alpha value is -1.55.